The summed E-state index contributed by atoms with van der Waals surface area (Å²) in [7, 11) is 0. The van der Waals surface area contributed by atoms with Gasteiger partial charge in [-0.05, 0) is 58.7 Å². The Bertz CT molecular complexity index is 748. The molecule has 6 nitrogen and oxygen atoms in total. The van der Waals surface area contributed by atoms with E-state index < -0.39 is 11.2 Å². The molecule has 168 valence electrons. The minimum Gasteiger partial charge on any atom is -0.444 e. The van der Waals surface area contributed by atoms with Crippen molar-refractivity contribution < 1.29 is 14.6 Å². The Labute approximate surface area is 189 Å². The number of aliphatic hydroxyl groups is 1. The van der Waals surface area contributed by atoms with Crippen molar-refractivity contribution in [2.45, 2.75) is 51.2 Å². The second-order valence-electron chi connectivity index (χ2n) is 9.38. The maximum Gasteiger partial charge on any atom is 0.410 e. The van der Waals surface area contributed by atoms with Crippen molar-refractivity contribution in [3.63, 3.8) is 0 Å². The van der Waals surface area contributed by atoms with Crippen LogP contribution in [0.15, 0.2) is 18.2 Å². The third kappa shape index (κ3) is 6.16. The van der Waals surface area contributed by atoms with Crippen molar-refractivity contribution in [3.05, 3.63) is 28.2 Å². The average molecular weight is 458 g/mol. The summed E-state index contributed by atoms with van der Waals surface area (Å²) >= 11 is 12.5. The SMILES string of the molecule is CC(C)(C)OC(=O)N1CCC(O)(CCCN2CCN(c3cccc(Cl)c3Cl)CC2)C1. The van der Waals surface area contributed by atoms with Crippen molar-refractivity contribution in [3.8, 4) is 0 Å². The fraction of sp³-hybridized carbons (Fsp3) is 0.682. The van der Waals surface area contributed by atoms with Gasteiger partial charge in [0.1, 0.15) is 5.60 Å². The van der Waals surface area contributed by atoms with E-state index in [1.807, 2.05) is 32.9 Å². The lowest BCUT2D eigenvalue weighted by Crippen LogP contribution is -2.47. The molecule has 3 rings (SSSR count). The van der Waals surface area contributed by atoms with E-state index in [0.717, 1.165) is 44.8 Å². The molecule has 8 heteroatoms. The molecule has 2 aliphatic rings. The summed E-state index contributed by atoms with van der Waals surface area (Å²) in [6, 6.07) is 5.75. The molecular weight excluding hydrogens is 425 g/mol. The van der Waals surface area contributed by atoms with Crippen molar-refractivity contribution in [1.29, 1.82) is 0 Å². The van der Waals surface area contributed by atoms with Crippen molar-refractivity contribution in [2.24, 2.45) is 0 Å². The third-order valence-electron chi connectivity index (χ3n) is 5.74. The number of amides is 1. The molecule has 2 saturated heterocycles. The first-order valence-electron chi connectivity index (χ1n) is 10.7. The number of ether oxygens (including phenoxy) is 1. The maximum absolute atomic E-state index is 12.2. The summed E-state index contributed by atoms with van der Waals surface area (Å²) in [6.07, 6.45) is 1.85. The Balaban J connectivity index is 1.40. The minimum absolute atomic E-state index is 0.339. The number of nitrogens with zero attached hydrogens (tertiary/aromatic N) is 3. The van der Waals surface area contributed by atoms with Gasteiger partial charge in [0.25, 0.3) is 0 Å². The highest BCUT2D eigenvalue weighted by Gasteiger charge is 2.39. The number of benzene rings is 1. The lowest BCUT2D eigenvalue weighted by molar-refractivity contribution is 0.0110. The van der Waals surface area contributed by atoms with E-state index in [1.54, 1.807) is 11.0 Å². The Kier molecular flexibility index (Phi) is 7.44. The normalized spacial score (nSPS) is 23.1. The molecule has 1 N–H and O–H groups in total. The Morgan fingerprint density at radius 1 is 1.17 bits per heavy atom. The fourth-order valence-electron chi connectivity index (χ4n) is 4.12. The predicted molar refractivity (Wildman–Crippen MR) is 122 cm³/mol. The van der Waals surface area contributed by atoms with Gasteiger partial charge in [0.2, 0.25) is 0 Å². The van der Waals surface area contributed by atoms with Crippen LogP contribution in [0, 0.1) is 0 Å². The Morgan fingerprint density at radius 3 is 2.53 bits per heavy atom. The summed E-state index contributed by atoms with van der Waals surface area (Å²) in [5.41, 5.74) is -0.339. The molecule has 1 aromatic rings. The number of piperazine rings is 1. The van der Waals surface area contributed by atoms with Gasteiger partial charge in [0.05, 0.1) is 27.9 Å². The number of carbonyl (C=O) groups is 1. The van der Waals surface area contributed by atoms with Crippen molar-refractivity contribution in [2.75, 3.05) is 50.7 Å². The summed E-state index contributed by atoms with van der Waals surface area (Å²) < 4.78 is 5.42. The molecule has 0 aromatic heterocycles. The highest BCUT2D eigenvalue weighted by molar-refractivity contribution is 6.43. The third-order valence-corrected chi connectivity index (χ3v) is 6.55. The number of halogens is 2. The lowest BCUT2D eigenvalue weighted by Gasteiger charge is -2.37. The van der Waals surface area contributed by atoms with Crippen LogP contribution in [0.4, 0.5) is 10.5 Å². The van der Waals surface area contributed by atoms with Crippen LogP contribution in [0.3, 0.4) is 0 Å². The van der Waals surface area contributed by atoms with Crippen LogP contribution in [0.2, 0.25) is 10.0 Å². The molecule has 2 aliphatic heterocycles. The molecule has 0 bridgehead atoms. The average Bonchev–Trinajstić information content (AvgIpc) is 3.06. The first-order valence-corrected chi connectivity index (χ1v) is 11.4. The lowest BCUT2D eigenvalue weighted by atomic mass is 9.96. The number of hydrogen-bond donors (Lipinski definition) is 1. The summed E-state index contributed by atoms with van der Waals surface area (Å²) in [4.78, 5) is 18.5. The van der Waals surface area contributed by atoms with Gasteiger partial charge in [0.15, 0.2) is 0 Å². The number of carbonyl (C=O) groups excluding carboxylic acids is 1. The van der Waals surface area contributed by atoms with E-state index in [4.69, 9.17) is 27.9 Å². The summed E-state index contributed by atoms with van der Waals surface area (Å²) in [6.45, 7) is 11.1. The predicted octanol–water partition coefficient (Wildman–Crippen LogP) is 4.27. The van der Waals surface area contributed by atoms with Crippen LogP contribution in [-0.4, -0.2) is 78.0 Å². The number of likely N-dealkylation sites (tertiary alicyclic amines) is 1. The first-order chi connectivity index (χ1) is 14.1. The Morgan fingerprint density at radius 2 is 1.87 bits per heavy atom. The topological polar surface area (TPSA) is 56.2 Å². The van der Waals surface area contributed by atoms with Crippen LogP contribution in [-0.2, 0) is 4.74 Å². The molecule has 1 atom stereocenters. The fourth-order valence-corrected chi connectivity index (χ4v) is 4.54. The van der Waals surface area contributed by atoms with Crippen LogP contribution in [0.1, 0.15) is 40.0 Å². The summed E-state index contributed by atoms with van der Waals surface area (Å²) in [5, 5.41) is 12.1. The molecular formula is C22H33Cl2N3O3. The van der Waals surface area contributed by atoms with Gasteiger partial charge in [-0.15, -0.1) is 0 Å². The Hall–Kier alpha value is -1.21. The van der Waals surface area contributed by atoms with E-state index in [1.165, 1.54) is 0 Å². The molecule has 0 saturated carbocycles. The summed E-state index contributed by atoms with van der Waals surface area (Å²) in [5.74, 6) is 0. The zero-order valence-electron chi connectivity index (χ0n) is 18.2. The van der Waals surface area contributed by atoms with Gasteiger partial charge >= 0.3 is 6.09 Å². The zero-order valence-corrected chi connectivity index (χ0v) is 19.7. The van der Waals surface area contributed by atoms with Gasteiger partial charge in [-0.3, -0.25) is 4.90 Å². The number of hydrogen-bond acceptors (Lipinski definition) is 5. The van der Waals surface area contributed by atoms with Crippen LogP contribution in [0.5, 0.6) is 0 Å². The first kappa shape index (κ1) is 23.5. The molecule has 2 fully saturated rings. The second-order valence-corrected chi connectivity index (χ2v) is 10.2. The van der Waals surface area contributed by atoms with E-state index >= 15 is 0 Å². The monoisotopic (exact) mass is 457 g/mol. The minimum atomic E-state index is -0.812. The van der Waals surface area contributed by atoms with Crippen LogP contribution >= 0.6 is 23.2 Å². The molecule has 0 aliphatic carbocycles. The molecule has 0 spiro atoms. The van der Waals surface area contributed by atoms with Gasteiger partial charge in [0, 0.05) is 32.7 Å². The highest BCUT2D eigenvalue weighted by Crippen LogP contribution is 2.33. The molecule has 1 aromatic carbocycles. The van der Waals surface area contributed by atoms with Gasteiger partial charge in [-0.1, -0.05) is 29.3 Å². The molecule has 1 amide bonds. The number of anilines is 1. The molecule has 1 unspecified atom stereocenters. The van der Waals surface area contributed by atoms with E-state index in [9.17, 15) is 9.90 Å². The van der Waals surface area contributed by atoms with E-state index in [-0.39, 0.29) is 6.09 Å². The van der Waals surface area contributed by atoms with Gasteiger partial charge < -0.3 is 19.6 Å². The number of rotatable bonds is 5. The molecule has 0 radical (unpaired) electrons. The van der Waals surface area contributed by atoms with Crippen LogP contribution < -0.4 is 4.90 Å². The van der Waals surface area contributed by atoms with Gasteiger partial charge in [-0.2, -0.15) is 0 Å². The zero-order chi connectivity index (χ0) is 21.9. The van der Waals surface area contributed by atoms with E-state index in [2.05, 4.69) is 9.80 Å². The smallest absolute Gasteiger partial charge is 0.410 e. The highest BCUT2D eigenvalue weighted by atomic mass is 35.5. The number of β-amino-alcohol motifs (C(OH)–C–C–N with tert-alkyl or cyclic N) is 1. The standard InChI is InChI=1S/C22H33Cl2N3O3/c1-21(2,3)30-20(28)27-11-9-22(29,16-27)8-5-10-25-12-14-26(15-13-25)18-7-4-6-17(23)19(18)24/h4,6-7,29H,5,8-16H2,1-3H3. The molecule has 30 heavy (non-hydrogen) atoms. The molecule has 2 heterocycles. The van der Waals surface area contributed by atoms with Gasteiger partial charge in [-0.25, -0.2) is 4.79 Å². The quantitative estimate of drug-likeness (QED) is 0.715. The van der Waals surface area contributed by atoms with Crippen molar-refractivity contribution >= 4 is 35.0 Å². The maximum atomic E-state index is 12.2. The second kappa shape index (κ2) is 9.51. The largest absolute Gasteiger partial charge is 0.444 e. The van der Waals surface area contributed by atoms with Crippen LogP contribution in [0.25, 0.3) is 0 Å². The van der Waals surface area contributed by atoms with Crippen molar-refractivity contribution in [1.82, 2.24) is 9.80 Å². The van der Waals surface area contributed by atoms with E-state index in [0.29, 0.717) is 36.0 Å².